The van der Waals surface area contributed by atoms with Crippen molar-refractivity contribution in [2.24, 2.45) is 5.92 Å². The van der Waals surface area contributed by atoms with Crippen LogP contribution in [0.1, 0.15) is 41.3 Å². The molecular weight excluding hydrogens is 322 g/mol. The molecule has 1 saturated heterocycles. The Hall–Kier alpha value is -2.13. The molecule has 3 heteroatoms. The monoisotopic (exact) mass is 352 g/mol. The lowest BCUT2D eigenvalue weighted by atomic mass is 9.97. The number of benzene rings is 2. The molecule has 2 aromatic carbocycles. The summed E-state index contributed by atoms with van der Waals surface area (Å²) in [6, 6.07) is 17.7. The van der Waals surface area contributed by atoms with Crippen LogP contribution >= 0.6 is 0 Å². The molecule has 1 aliphatic heterocycles. The Morgan fingerprint density at radius 3 is 2.31 bits per heavy atom. The van der Waals surface area contributed by atoms with Crippen LogP contribution in [0.4, 0.5) is 0 Å². The summed E-state index contributed by atoms with van der Waals surface area (Å²) in [6.07, 6.45) is 3.73. The van der Waals surface area contributed by atoms with Crippen LogP contribution in [-0.2, 0) is 17.8 Å². The molecule has 3 nitrogen and oxygen atoms in total. The Balaban J connectivity index is 1.49. The highest BCUT2D eigenvalue weighted by atomic mass is 16.5. The summed E-state index contributed by atoms with van der Waals surface area (Å²) >= 11 is 0. The highest BCUT2D eigenvalue weighted by Crippen LogP contribution is 2.22. The van der Waals surface area contributed by atoms with Gasteiger partial charge in [-0.15, -0.1) is 0 Å². The summed E-state index contributed by atoms with van der Waals surface area (Å²) in [7, 11) is 2.38. The second kappa shape index (κ2) is 8.50. The SMILES string of the molecule is CC1CC[N+](C)(CCc2ccc(C(=O)OCc3ccccc3)cc2)CC1. The van der Waals surface area contributed by atoms with Gasteiger partial charge in [-0.25, -0.2) is 4.79 Å². The lowest BCUT2D eigenvalue weighted by molar-refractivity contribution is -0.915. The van der Waals surface area contributed by atoms with Gasteiger partial charge in [-0.2, -0.15) is 0 Å². The first kappa shape index (κ1) is 18.7. The Morgan fingerprint density at radius 2 is 1.65 bits per heavy atom. The minimum atomic E-state index is -0.260. The summed E-state index contributed by atoms with van der Waals surface area (Å²) in [4.78, 5) is 12.2. The minimum absolute atomic E-state index is 0.260. The highest BCUT2D eigenvalue weighted by molar-refractivity contribution is 5.89. The van der Waals surface area contributed by atoms with Crippen molar-refractivity contribution in [2.45, 2.75) is 32.8 Å². The van der Waals surface area contributed by atoms with E-state index < -0.39 is 0 Å². The van der Waals surface area contributed by atoms with Crippen molar-refractivity contribution < 1.29 is 14.0 Å². The number of hydrogen-bond acceptors (Lipinski definition) is 2. The summed E-state index contributed by atoms with van der Waals surface area (Å²) in [5, 5.41) is 0. The van der Waals surface area contributed by atoms with Gasteiger partial charge in [0, 0.05) is 6.42 Å². The smallest absolute Gasteiger partial charge is 0.338 e. The third-order valence-corrected chi connectivity index (χ3v) is 5.67. The first-order valence-electron chi connectivity index (χ1n) is 9.68. The standard InChI is InChI=1S/C23H30NO2/c1-19-12-15-24(2,16-13-19)17-14-20-8-10-22(11-9-20)23(25)26-18-21-6-4-3-5-7-21/h3-11,19H,12-18H2,1-2H3/q+1. The molecule has 0 N–H and O–H groups in total. The van der Waals surface area contributed by atoms with Gasteiger partial charge >= 0.3 is 5.97 Å². The average Bonchev–Trinajstić information content (AvgIpc) is 2.68. The molecule has 2 aromatic rings. The van der Waals surface area contributed by atoms with Crippen molar-refractivity contribution in [3.8, 4) is 0 Å². The predicted molar refractivity (Wildman–Crippen MR) is 105 cm³/mol. The Morgan fingerprint density at radius 1 is 1.00 bits per heavy atom. The molecular formula is C23H30NO2+. The van der Waals surface area contributed by atoms with Gasteiger partial charge in [0.15, 0.2) is 0 Å². The van der Waals surface area contributed by atoms with Crippen molar-refractivity contribution in [3.05, 3.63) is 71.3 Å². The zero-order valence-corrected chi connectivity index (χ0v) is 16.0. The van der Waals surface area contributed by atoms with Gasteiger partial charge in [0.2, 0.25) is 0 Å². The van der Waals surface area contributed by atoms with E-state index in [1.807, 2.05) is 42.5 Å². The second-order valence-corrected chi connectivity index (χ2v) is 7.98. The highest BCUT2D eigenvalue weighted by Gasteiger charge is 2.27. The Bertz CT molecular complexity index is 701. The average molecular weight is 352 g/mol. The van der Waals surface area contributed by atoms with Gasteiger partial charge < -0.3 is 9.22 Å². The molecule has 0 aromatic heterocycles. The van der Waals surface area contributed by atoms with E-state index in [4.69, 9.17) is 4.74 Å². The topological polar surface area (TPSA) is 26.3 Å². The van der Waals surface area contributed by atoms with Gasteiger partial charge in [-0.1, -0.05) is 49.4 Å². The number of esters is 1. The van der Waals surface area contributed by atoms with Gasteiger partial charge in [0.25, 0.3) is 0 Å². The molecule has 0 amide bonds. The van der Waals surface area contributed by atoms with Crippen molar-refractivity contribution in [1.29, 1.82) is 0 Å². The summed E-state index contributed by atoms with van der Waals surface area (Å²) in [5.74, 6) is 0.617. The number of hydrogen-bond donors (Lipinski definition) is 0. The molecule has 1 aliphatic rings. The van der Waals surface area contributed by atoms with Crippen LogP contribution in [0.2, 0.25) is 0 Å². The van der Waals surface area contributed by atoms with Crippen LogP contribution in [0, 0.1) is 5.92 Å². The fourth-order valence-electron chi connectivity index (χ4n) is 3.56. The van der Waals surface area contributed by atoms with E-state index in [0.717, 1.165) is 17.9 Å². The van der Waals surface area contributed by atoms with E-state index in [-0.39, 0.29) is 5.97 Å². The fourth-order valence-corrected chi connectivity index (χ4v) is 3.56. The molecule has 1 fully saturated rings. The minimum Gasteiger partial charge on any atom is -0.457 e. The maximum atomic E-state index is 12.2. The quantitative estimate of drug-likeness (QED) is 0.567. The molecule has 3 rings (SSSR count). The Labute approximate surface area is 157 Å². The zero-order chi connectivity index (χ0) is 18.4. The molecule has 0 unspecified atom stereocenters. The zero-order valence-electron chi connectivity index (χ0n) is 16.0. The van der Waals surface area contributed by atoms with Crippen molar-refractivity contribution >= 4 is 5.97 Å². The van der Waals surface area contributed by atoms with Crippen molar-refractivity contribution in [2.75, 3.05) is 26.7 Å². The van der Waals surface area contributed by atoms with E-state index >= 15 is 0 Å². The van der Waals surface area contributed by atoms with Crippen LogP contribution in [0.25, 0.3) is 0 Å². The first-order chi connectivity index (χ1) is 12.5. The van der Waals surface area contributed by atoms with E-state index in [1.165, 1.54) is 42.5 Å². The number of carbonyl (C=O) groups excluding carboxylic acids is 1. The fraction of sp³-hybridized carbons (Fsp3) is 0.435. The third-order valence-electron chi connectivity index (χ3n) is 5.67. The molecule has 0 bridgehead atoms. The number of carbonyl (C=O) groups is 1. The largest absolute Gasteiger partial charge is 0.457 e. The van der Waals surface area contributed by atoms with Crippen LogP contribution < -0.4 is 0 Å². The van der Waals surface area contributed by atoms with Gasteiger partial charge in [-0.05, 0) is 42.0 Å². The van der Waals surface area contributed by atoms with Crippen LogP contribution in [-0.4, -0.2) is 37.1 Å². The molecule has 138 valence electrons. The van der Waals surface area contributed by atoms with Gasteiger partial charge in [0.1, 0.15) is 6.61 Å². The van der Waals surface area contributed by atoms with Gasteiger partial charge in [0.05, 0.1) is 32.2 Å². The van der Waals surface area contributed by atoms with E-state index in [0.29, 0.717) is 12.2 Å². The third kappa shape index (κ3) is 5.18. The summed E-state index contributed by atoms with van der Waals surface area (Å²) in [6.45, 7) is 6.41. The summed E-state index contributed by atoms with van der Waals surface area (Å²) in [5.41, 5.74) is 2.92. The number of ether oxygens (including phenoxy) is 1. The number of likely N-dealkylation sites (N-methyl/N-ethyl adjacent to an activating group) is 1. The molecule has 1 heterocycles. The molecule has 0 saturated carbocycles. The maximum Gasteiger partial charge on any atom is 0.338 e. The first-order valence-corrected chi connectivity index (χ1v) is 9.68. The summed E-state index contributed by atoms with van der Waals surface area (Å²) < 4.78 is 6.57. The van der Waals surface area contributed by atoms with Crippen LogP contribution in [0.5, 0.6) is 0 Å². The van der Waals surface area contributed by atoms with E-state index in [2.05, 4.69) is 26.1 Å². The number of nitrogens with zero attached hydrogens (tertiary/aromatic N) is 1. The number of piperidine rings is 1. The molecule has 0 aliphatic carbocycles. The normalized spacial score (nSPS) is 22.8. The molecule has 0 spiro atoms. The Kier molecular flexibility index (Phi) is 6.10. The van der Waals surface area contributed by atoms with Crippen molar-refractivity contribution in [1.82, 2.24) is 0 Å². The lowest BCUT2D eigenvalue weighted by Crippen LogP contribution is -2.50. The number of likely N-dealkylation sites (tertiary alicyclic amines) is 1. The van der Waals surface area contributed by atoms with E-state index in [1.54, 1.807) is 0 Å². The van der Waals surface area contributed by atoms with Crippen LogP contribution in [0.3, 0.4) is 0 Å². The lowest BCUT2D eigenvalue weighted by Gasteiger charge is -2.40. The molecule has 0 atom stereocenters. The van der Waals surface area contributed by atoms with Crippen LogP contribution in [0.15, 0.2) is 54.6 Å². The second-order valence-electron chi connectivity index (χ2n) is 7.98. The number of rotatable bonds is 6. The predicted octanol–water partition coefficient (Wildman–Crippen LogP) is 4.46. The van der Waals surface area contributed by atoms with Crippen molar-refractivity contribution in [3.63, 3.8) is 0 Å². The van der Waals surface area contributed by atoms with Gasteiger partial charge in [-0.3, -0.25) is 0 Å². The molecule has 0 radical (unpaired) electrons. The van der Waals surface area contributed by atoms with E-state index in [9.17, 15) is 4.79 Å². The molecule has 26 heavy (non-hydrogen) atoms. The maximum absolute atomic E-state index is 12.2. The number of quaternary nitrogens is 1.